The molecule has 0 bridgehead atoms. The molecule has 0 aliphatic heterocycles. The molecule has 0 aromatic carbocycles. The molecular formula is C6H8O3S. The first kappa shape index (κ1) is 9.13. The highest BCUT2D eigenvalue weighted by molar-refractivity contribution is 7.73. The van der Waals surface area contributed by atoms with Crippen LogP contribution in [0.15, 0.2) is 25.3 Å². The third-order valence-electron chi connectivity index (χ3n) is 0.674. The largest absolute Gasteiger partial charge is 0.328 e. The molecule has 0 saturated carbocycles. The van der Waals surface area contributed by atoms with Gasteiger partial charge in [0.1, 0.15) is 0 Å². The predicted molar refractivity (Wildman–Crippen MR) is 40.3 cm³/mol. The van der Waals surface area contributed by atoms with E-state index in [1.165, 1.54) is 6.08 Å². The Morgan fingerprint density at radius 1 is 1.50 bits per heavy atom. The van der Waals surface area contributed by atoms with Gasteiger partial charge < -0.3 is 4.74 Å². The van der Waals surface area contributed by atoms with Gasteiger partial charge in [-0.15, -0.1) is 6.58 Å². The lowest BCUT2D eigenvalue weighted by atomic mass is 10.6. The molecule has 0 spiro atoms. The lowest BCUT2D eigenvalue weighted by Gasteiger charge is -1.91. The SMILES string of the molecule is C=CCOC(C=C)=S(=O)=O. The molecule has 0 amide bonds. The number of rotatable bonds is 3. The van der Waals surface area contributed by atoms with Crippen molar-refractivity contribution < 1.29 is 13.2 Å². The maximum atomic E-state index is 10.2. The molecule has 0 aromatic heterocycles. The smallest absolute Gasteiger partial charge is 0.245 e. The summed E-state index contributed by atoms with van der Waals surface area (Å²) in [4.78, 5) is 0. The molecule has 0 unspecified atom stereocenters. The molecule has 0 N–H and O–H groups in total. The minimum atomic E-state index is -2.33. The molecule has 3 nitrogen and oxygen atoms in total. The molecule has 4 heteroatoms. The summed E-state index contributed by atoms with van der Waals surface area (Å²) >= 11 is 0. The standard InChI is InChI=1S/C6H8O3S/c1-3-5-9-6(4-2)10(7)8/h3-4H,1-2,5H2. The summed E-state index contributed by atoms with van der Waals surface area (Å²) in [5, 5.41) is -0.153. The van der Waals surface area contributed by atoms with Crippen molar-refractivity contribution in [3.63, 3.8) is 0 Å². The molecule has 0 atom stereocenters. The zero-order valence-corrected chi connectivity index (χ0v) is 6.23. The van der Waals surface area contributed by atoms with Gasteiger partial charge in [-0.1, -0.05) is 12.7 Å². The zero-order valence-electron chi connectivity index (χ0n) is 5.41. The van der Waals surface area contributed by atoms with Crippen molar-refractivity contribution in [2.24, 2.45) is 0 Å². The molecule has 0 fully saturated rings. The van der Waals surface area contributed by atoms with Gasteiger partial charge in [-0.25, -0.2) is 0 Å². The van der Waals surface area contributed by atoms with Gasteiger partial charge in [0, 0.05) is 0 Å². The highest BCUT2D eigenvalue weighted by Gasteiger charge is 1.91. The maximum Gasteiger partial charge on any atom is 0.245 e. The van der Waals surface area contributed by atoms with Crippen molar-refractivity contribution in [2.45, 2.75) is 0 Å². The Morgan fingerprint density at radius 2 is 2.10 bits per heavy atom. The molecule has 0 aromatic rings. The van der Waals surface area contributed by atoms with E-state index in [0.717, 1.165) is 6.08 Å². The van der Waals surface area contributed by atoms with Crippen molar-refractivity contribution in [3.8, 4) is 0 Å². The normalized spacial score (nSPS) is 8.40. The number of hydrogen-bond donors (Lipinski definition) is 0. The molecule has 0 aliphatic carbocycles. The van der Waals surface area contributed by atoms with E-state index < -0.39 is 10.3 Å². The van der Waals surface area contributed by atoms with Crippen LogP contribution in [0.3, 0.4) is 0 Å². The quantitative estimate of drug-likeness (QED) is 0.340. The van der Waals surface area contributed by atoms with Crippen molar-refractivity contribution in [2.75, 3.05) is 6.61 Å². The Kier molecular flexibility index (Phi) is 4.53. The van der Waals surface area contributed by atoms with E-state index in [4.69, 9.17) is 0 Å². The zero-order chi connectivity index (χ0) is 7.98. The predicted octanol–water partition coefficient (Wildman–Crippen LogP) is 0.384. The minimum absolute atomic E-state index is 0.153. The van der Waals surface area contributed by atoms with Crippen LogP contribution in [0.25, 0.3) is 0 Å². The van der Waals surface area contributed by atoms with Gasteiger partial charge in [-0.3, -0.25) is 0 Å². The van der Waals surface area contributed by atoms with E-state index in [9.17, 15) is 8.42 Å². The fourth-order valence-corrected chi connectivity index (χ4v) is 0.616. The van der Waals surface area contributed by atoms with Gasteiger partial charge in [-0.2, -0.15) is 8.42 Å². The van der Waals surface area contributed by atoms with Crippen molar-refractivity contribution in [3.05, 3.63) is 25.3 Å². The van der Waals surface area contributed by atoms with Gasteiger partial charge in [0.05, 0.1) is 6.61 Å². The summed E-state index contributed by atoms with van der Waals surface area (Å²) in [5.74, 6) is 0. The van der Waals surface area contributed by atoms with Gasteiger partial charge in [0.2, 0.25) is 10.3 Å². The second-order valence-corrected chi connectivity index (χ2v) is 2.23. The van der Waals surface area contributed by atoms with Crippen LogP contribution >= 0.6 is 0 Å². The van der Waals surface area contributed by atoms with Crippen molar-refractivity contribution in [1.82, 2.24) is 0 Å². The fourth-order valence-electron chi connectivity index (χ4n) is 0.316. The second-order valence-electron chi connectivity index (χ2n) is 1.36. The summed E-state index contributed by atoms with van der Waals surface area (Å²) in [6.45, 7) is 6.77. The first-order chi connectivity index (χ1) is 4.72. The van der Waals surface area contributed by atoms with Gasteiger partial charge in [0.15, 0.2) is 5.05 Å². The summed E-state index contributed by atoms with van der Waals surface area (Å²) in [6.07, 6.45) is 2.59. The van der Waals surface area contributed by atoms with E-state index in [-0.39, 0.29) is 11.7 Å². The Labute approximate surface area is 61.2 Å². The van der Waals surface area contributed by atoms with E-state index in [2.05, 4.69) is 17.9 Å². The molecule has 0 heterocycles. The van der Waals surface area contributed by atoms with Gasteiger partial charge >= 0.3 is 0 Å². The van der Waals surface area contributed by atoms with Crippen LogP contribution in [0.1, 0.15) is 0 Å². The van der Waals surface area contributed by atoms with Crippen molar-refractivity contribution >= 4 is 15.3 Å². The summed E-state index contributed by atoms with van der Waals surface area (Å²) in [5.41, 5.74) is 0. The van der Waals surface area contributed by atoms with Crippen LogP contribution in [-0.2, 0) is 15.0 Å². The lowest BCUT2D eigenvalue weighted by molar-refractivity contribution is 0.361. The average Bonchev–Trinajstić information content (AvgIpc) is 1.89. The summed E-state index contributed by atoms with van der Waals surface area (Å²) in [7, 11) is -2.33. The van der Waals surface area contributed by atoms with E-state index in [1.54, 1.807) is 0 Å². The first-order valence-electron chi connectivity index (χ1n) is 2.54. The fraction of sp³-hybridized carbons (Fsp3) is 0.167. The molecule has 0 saturated heterocycles. The molecule has 56 valence electrons. The Balaban J connectivity index is 4.26. The van der Waals surface area contributed by atoms with Gasteiger partial charge in [0.25, 0.3) is 0 Å². The minimum Gasteiger partial charge on any atom is -0.328 e. The van der Waals surface area contributed by atoms with Crippen LogP contribution in [-0.4, -0.2) is 20.1 Å². The summed E-state index contributed by atoms with van der Waals surface area (Å²) < 4.78 is 25.0. The van der Waals surface area contributed by atoms with E-state index >= 15 is 0 Å². The van der Waals surface area contributed by atoms with Crippen molar-refractivity contribution in [1.29, 1.82) is 0 Å². The first-order valence-corrected chi connectivity index (χ1v) is 3.62. The highest BCUT2D eigenvalue weighted by Crippen LogP contribution is 1.80. The van der Waals surface area contributed by atoms with E-state index in [1.807, 2.05) is 0 Å². The Hall–Kier alpha value is -0.870. The monoisotopic (exact) mass is 160 g/mol. The Bertz CT molecular complexity index is 240. The maximum absolute atomic E-state index is 10.2. The summed E-state index contributed by atoms with van der Waals surface area (Å²) in [6, 6.07) is 0. The van der Waals surface area contributed by atoms with Crippen LogP contribution in [0, 0.1) is 0 Å². The second kappa shape index (κ2) is 4.96. The molecule has 0 radical (unpaired) electrons. The number of hydrogen-bond acceptors (Lipinski definition) is 3. The van der Waals surface area contributed by atoms with Crippen LogP contribution in [0.2, 0.25) is 0 Å². The van der Waals surface area contributed by atoms with E-state index in [0.29, 0.717) is 0 Å². The molecule has 0 aliphatic rings. The average molecular weight is 160 g/mol. The lowest BCUT2D eigenvalue weighted by Crippen LogP contribution is -2.01. The molecular weight excluding hydrogens is 152 g/mol. The Morgan fingerprint density at radius 3 is 2.40 bits per heavy atom. The van der Waals surface area contributed by atoms with Crippen LogP contribution in [0.5, 0.6) is 0 Å². The molecule has 10 heavy (non-hydrogen) atoms. The molecule has 0 rings (SSSR count). The highest BCUT2D eigenvalue weighted by atomic mass is 32.2. The van der Waals surface area contributed by atoms with Gasteiger partial charge in [-0.05, 0) is 6.08 Å². The number of ether oxygens (including phenoxy) is 1. The topological polar surface area (TPSA) is 43.4 Å². The van der Waals surface area contributed by atoms with Crippen LogP contribution in [0.4, 0.5) is 0 Å². The van der Waals surface area contributed by atoms with Crippen LogP contribution < -0.4 is 0 Å². The third kappa shape index (κ3) is 3.21. The third-order valence-corrected chi connectivity index (χ3v) is 1.29.